The van der Waals surface area contributed by atoms with Gasteiger partial charge in [-0.15, -0.1) is 0 Å². The highest BCUT2D eigenvalue weighted by Crippen LogP contribution is 2.32. The molecule has 1 rings (SSSR count). The summed E-state index contributed by atoms with van der Waals surface area (Å²) in [6.07, 6.45) is 3.68. The number of nitrogens with two attached hydrogens (primary N) is 2. The smallest absolute Gasteiger partial charge is 0.274 e. The SMILES string of the molecule is CC(C)(NS(N)(=O)=O)C1CCC(NC(N)=S)CC1. The first-order valence-electron chi connectivity index (χ1n) is 5.98. The summed E-state index contributed by atoms with van der Waals surface area (Å²) in [7, 11) is -3.67. The Bertz CT molecular complexity index is 400. The fraction of sp³-hybridized carbons (Fsp3) is 0.900. The van der Waals surface area contributed by atoms with E-state index in [0.29, 0.717) is 11.2 Å². The minimum atomic E-state index is -3.67. The van der Waals surface area contributed by atoms with Gasteiger partial charge in [-0.1, -0.05) is 0 Å². The van der Waals surface area contributed by atoms with Crippen molar-refractivity contribution < 1.29 is 8.42 Å². The van der Waals surface area contributed by atoms with Crippen LogP contribution in [0.15, 0.2) is 0 Å². The first kappa shape index (κ1) is 15.6. The van der Waals surface area contributed by atoms with E-state index in [-0.39, 0.29) is 5.92 Å². The van der Waals surface area contributed by atoms with Crippen molar-refractivity contribution in [2.75, 3.05) is 0 Å². The van der Waals surface area contributed by atoms with Gasteiger partial charge in [0.2, 0.25) is 0 Å². The van der Waals surface area contributed by atoms with E-state index in [1.165, 1.54) is 0 Å². The van der Waals surface area contributed by atoms with Crippen LogP contribution in [0.4, 0.5) is 0 Å². The summed E-state index contributed by atoms with van der Waals surface area (Å²) in [6, 6.07) is 0.295. The molecule has 1 aliphatic rings. The summed E-state index contributed by atoms with van der Waals surface area (Å²) in [5, 5.41) is 8.40. The Morgan fingerprint density at radius 2 is 1.78 bits per heavy atom. The summed E-state index contributed by atoms with van der Waals surface area (Å²) in [6.45, 7) is 3.73. The molecule has 0 radical (unpaired) electrons. The fourth-order valence-corrected chi connectivity index (χ4v) is 3.68. The number of nitrogens with one attached hydrogen (secondary N) is 2. The van der Waals surface area contributed by atoms with Crippen molar-refractivity contribution in [3.63, 3.8) is 0 Å². The molecule has 0 aromatic rings. The van der Waals surface area contributed by atoms with Crippen LogP contribution in [0.3, 0.4) is 0 Å². The quantitative estimate of drug-likeness (QED) is 0.543. The number of rotatable bonds is 4. The predicted octanol–water partition coefficient (Wildman–Crippen LogP) is -0.0499. The van der Waals surface area contributed by atoms with Crippen molar-refractivity contribution >= 4 is 27.5 Å². The highest BCUT2D eigenvalue weighted by molar-refractivity contribution is 7.87. The topological polar surface area (TPSA) is 110 Å². The number of thiocarbonyl (C=S) groups is 1. The second kappa shape index (κ2) is 5.68. The molecule has 6 nitrogen and oxygen atoms in total. The molecule has 1 aliphatic carbocycles. The molecule has 0 bridgehead atoms. The van der Waals surface area contributed by atoms with E-state index >= 15 is 0 Å². The third kappa shape index (κ3) is 5.05. The maximum Gasteiger partial charge on any atom is 0.274 e. The molecule has 0 saturated heterocycles. The molecular formula is C10H22N4O2S2. The van der Waals surface area contributed by atoms with Crippen molar-refractivity contribution in [1.82, 2.24) is 10.0 Å². The van der Waals surface area contributed by atoms with Crippen LogP contribution in [0.25, 0.3) is 0 Å². The van der Waals surface area contributed by atoms with Crippen LogP contribution in [-0.2, 0) is 10.2 Å². The van der Waals surface area contributed by atoms with E-state index in [1.807, 2.05) is 13.8 Å². The molecular weight excluding hydrogens is 272 g/mol. The molecule has 0 amide bonds. The molecule has 1 fully saturated rings. The maximum atomic E-state index is 11.1. The Balaban J connectivity index is 2.54. The van der Waals surface area contributed by atoms with Crippen molar-refractivity contribution in [3.05, 3.63) is 0 Å². The molecule has 106 valence electrons. The van der Waals surface area contributed by atoms with E-state index in [1.54, 1.807) is 0 Å². The van der Waals surface area contributed by atoms with E-state index in [2.05, 4.69) is 10.0 Å². The monoisotopic (exact) mass is 294 g/mol. The largest absolute Gasteiger partial charge is 0.376 e. The molecule has 0 aromatic heterocycles. The predicted molar refractivity (Wildman–Crippen MR) is 76.0 cm³/mol. The highest BCUT2D eigenvalue weighted by atomic mass is 32.2. The van der Waals surface area contributed by atoms with Crippen LogP contribution in [0.5, 0.6) is 0 Å². The lowest BCUT2D eigenvalue weighted by atomic mass is 9.76. The van der Waals surface area contributed by atoms with E-state index in [4.69, 9.17) is 23.1 Å². The van der Waals surface area contributed by atoms with Gasteiger partial charge < -0.3 is 11.1 Å². The van der Waals surface area contributed by atoms with Gasteiger partial charge in [0, 0.05) is 11.6 Å². The Morgan fingerprint density at radius 1 is 1.28 bits per heavy atom. The van der Waals surface area contributed by atoms with E-state index in [9.17, 15) is 8.42 Å². The second-order valence-corrected chi connectivity index (χ2v) is 7.16. The molecule has 8 heteroatoms. The Kier molecular flexibility index (Phi) is 4.93. The molecule has 0 aromatic carbocycles. The van der Waals surface area contributed by atoms with Crippen LogP contribution in [0, 0.1) is 5.92 Å². The summed E-state index contributed by atoms with van der Waals surface area (Å²) in [4.78, 5) is 0. The first-order chi connectivity index (χ1) is 8.10. The lowest BCUT2D eigenvalue weighted by Crippen LogP contribution is -2.53. The van der Waals surface area contributed by atoms with Gasteiger partial charge in [0.05, 0.1) is 0 Å². The van der Waals surface area contributed by atoms with Gasteiger partial charge in [-0.05, 0) is 57.7 Å². The summed E-state index contributed by atoms with van der Waals surface area (Å²) in [5.41, 5.74) is 4.91. The van der Waals surface area contributed by atoms with Crippen LogP contribution in [-0.4, -0.2) is 25.1 Å². The molecule has 0 atom stereocenters. The number of hydrogen-bond acceptors (Lipinski definition) is 3. The minimum absolute atomic E-state index is 0.264. The Hall–Kier alpha value is -0.440. The van der Waals surface area contributed by atoms with Crippen LogP contribution >= 0.6 is 12.2 Å². The average Bonchev–Trinajstić information content (AvgIpc) is 2.13. The Labute approximate surface area is 114 Å². The zero-order valence-corrected chi connectivity index (χ0v) is 12.4. The number of hydrogen-bond donors (Lipinski definition) is 4. The summed E-state index contributed by atoms with van der Waals surface area (Å²) >= 11 is 4.81. The molecule has 0 heterocycles. The summed E-state index contributed by atoms with van der Waals surface area (Å²) < 4.78 is 24.7. The highest BCUT2D eigenvalue weighted by Gasteiger charge is 2.35. The summed E-state index contributed by atoms with van der Waals surface area (Å²) in [5.74, 6) is 0.264. The van der Waals surface area contributed by atoms with Crippen LogP contribution in [0.2, 0.25) is 0 Å². The lowest BCUT2D eigenvalue weighted by molar-refractivity contribution is 0.203. The molecule has 0 spiro atoms. The van der Waals surface area contributed by atoms with Gasteiger partial charge in [0.25, 0.3) is 10.2 Å². The van der Waals surface area contributed by atoms with Crippen molar-refractivity contribution in [2.45, 2.75) is 51.1 Å². The minimum Gasteiger partial charge on any atom is -0.376 e. The normalized spacial score (nSPS) is 25.7. The van der Waals surface area contributed by atoms with Crippen molar-refractivity contribution in [2.24, 2.45) is 16.8 Å². The average molecular weight is 294 g/mol. The Morgan fingerprint density at radius 3 is 2.17 bits per heavy atom. The standard InChI is InChI=1S/C10H22N4O2S2/c1-10(2,14-18(12,15)16)7-3-5-8(6-4-7)13-9(11)17/h7-8,14H,3-6H2,1-2H3,(H3,11,13,17)(H2,12,15,16). The molecule has 18 heavy (non-hydrogen) atoms. The fourth-order valence-electron chi connectivity index (χ4n) is 2.61. The van der Waals surface area contributed by atoms with Gasteiger partial charge in [-0.3, -0.25) is 0 Å². The van der Waals surface area contributed by atoms with Gasteiger partial charge in [0.1, 0.15) is 0 Å². The first-order valence-corrected chi connectivity index (χ1v) is 7.93. The third-order valence-corrected chi connectivity index (χ3v) is 4.43. The second-order valence-electron chi connectivity index (χ2n) is 5.43. The van der Waals surface area contributed by atoms with Gasteiger partial charge in [0.15, 0.2) is 5.11 Å². The molecule has 0 unspecified atom stereocenters. The molecule has 0 aliphatic heterocycles. The molecule has 6 N–H and O–H groups in total. The van der Waals surface area contributed by atoms with Crippen LogP contribution in [0.1, 0.15) is 39.5 Å². The molecule has 1 saturated carbocycles. The van der Waals surface area contributed by atoms with Gasteiger partial charge in [-0.25, -0.2) is 5.14 Å². The van der Waals surface area contributed by atoms with E-state index in [0.717, 1.165) is 25.7 Å². The third-order valence-electron chi connectivity index (χ3n) is 3.50. The lowest BCUT2D eigenvalue weighted by Gasteiger charge is -2.39. The van der Waals surface area contributed by atoms with Gasteiger partial charge in [-0.2, -0.15) is 13.1 Å². The zero-order valence-electron chi connectivity index (χ0n) is 10.8. The van der Waals surface area contributed by atoms with Crippen molar-refractivity contribution in [1.29, 1.82) is 0 Å². The van der Waals surface area contributed by atoms with Crippen molar-refractivity contribution in [3.8, 4) is 0 Å². The van der Waals surface area contributed by atoms with E-state index < -0.39 is 15.7 Å². The van der Waals surface area contributed by atoms with Crippen LogP contribution < -0.4 is 20.9 Å². The maximum absolute atomic E-state index is 11.1. The zero-order chi connectivity index (χ0) is 14.0. The van der Waals surface area contributed by atoms with Gasteiger partial charge >= 0.3 is 0 Å².